The van der Waals surface area contributed by atoms with Gasteiger partial charge in [-0.3, -0.25) is 0 Å². The molecule has 0 N–H and O–H groups in total. The van der Waals surface area contributed by atoms with Gasteiger partial charge in [-0.2, -0.15) is 10.2 Å². The Kier molecular flexibility index (Phi) is 1.48. The quantitative estimate of drug-likeness (QED) is 0.666. The maximum atomic E-state index is 5.65. The lowest BCUT2D eigenvalue weighted by atomic mass is 10.0. The number of hydrogen-bond donors (Lipinski definition) is 0. The highest BCUT2D eigenvalue weighted by Crippen LogP contribution is 2.40. The van der Waals surface area contributed by atoms with E-state index in [1.165, 1.54) is 0 Å². The molecular formula is C12H10N2O2. The van der Waals surface area contributed by atoms with Crippen molar-refractivity contribution in [3.8, 4) is 11.5 Å². The van der Waals surface area contributed by atoms with E-state index in [1.54, 1.807) is 0 Å². The average Bonchev–Trinajstić information content (AvgIpc) is 2.36. The molecule has 4 heteroatoms. The molecular weight excluding hydrogens is 204 g/mol. The molecule has 3 heterocycles. The van der Waals surface area contributed by atoms with Gasteiger partial charge < -0.3 is 9.47 Å². The van der Waals surface area contributed by atoms with Crippen LogP contribution in [0.25, 0.3) is 10.8 Å². The maximum Gasteiger partial charge on any atom is 0.129 e. The van der Waals surface area contributed by atoms with Gasteiger partial charge >= 0.3 is 0 Å². The molecule has 0 spiro atoms. The number of nitrogens with zero attached hydrogens (tertiary/aromatic N) is 2. The average molecular weight is 214 g/mol. The lowest BCUT2D eigenvalue weighted by Crippen LogP contribution is -2.16. The lowest BCUT2D eigenvalue weighted by molar-refractivity contribution is 0.303. The molecule has 4 rings (SSSR count). The molecule has 80 valence electrons. The predicted molar refractivity (Wildman–Crippen MR) is 57.9 cm³/mol. The van der Waals surface area contributed by atoms with E-state index in [2.05, 4.69) is 10.2 Å². The number of benzene rings is 1. The fourth-order valence-corrected chi connectivity index (χ4v) is 2.46. The van der Waals surface area contributed by atoms with Crippen LogP contribution in [-0.4, -0.2) is 23.4 Å². The highest BCUT2D eigenvalue weighted by molar-refractivity contribution is 5.97. The molecule has 0 atom stereocenters. The minimum Gasteiger partial charge on any atom is -0.492 e. The van der Waals surface area contributed by atoms with Crippen molar-refractivity contribution in [1.82, 2.24) is 10.2 Å². The van der Waals surface area contributed by atoms with Crippen LogP contribution in [0.15, 0.2) is 12.1 Å². The second-order valence-electron chi connectivity index (χ2n) is 4.10. The summed E-state index contributed by atoms with van der Waals surface area (Å²) in [6.45, 7) is 1.38. The normalized spacial score (nSPS) is 16.8. The first-order chi connectivity index (χ1) is 7.93. The Hall–Kier alpha value is -1.84. The molecule has 4 nitrogen and oxygen atoms in total. The van der Waals surface area contributed by atoms with Gasteiger partial charge in [0.25, 0.3) is 0 Å². The molecule has 1 aromatic carbocycles. The lowest BCUT2D eigenvalue weighted by Gasteiger charge is -2.23. The van der Waals surface area contributed by atoms with Gasteiger partial charge in [-0.1, -0.05) is 0 Å². The molecule has 0 amide bonds. The first-order valence-corrected chi connectivity index (χ1v) is 5.50. The summed E-state index contributed by atoms with van der Waals surface area (Å²) >= 11 is 0. The summed E-state index contributed by atoms with van der Waals surface area (Å²) in [4.78, 5) is 0. The van der Waals surface area contributed by atoms with E-state index in [0.29, 0.717) is 13.2 Å². The Morgan fingerprint density at radius 2 is 1.31 bits per heavy atom. The SMILES string of the molecule is c1cc2c3c(nnc4c3c1OCC4)CCO2. The van der Waals surface area contributed by atoms with Crippen LogP contribution in [0.2, 0.25) is 0 Å². The summed E-state index contributed by atoms with van der Waals surface area (Å²) in [6, 6.07) is 3.94. The van der Waals surface area contributed by atoms with Crippen LogP contribution in [-0.2, 0) is 12.8 Å². The zero-order chi connectivity index (χ0) is 10.5. The van der Waals surface area contributed by atoms with Gasteiger partial charge in [0.2, 0.25) is 0 Å². The van der Waals surface area contributed by atoms with Crippen LogP contribution in [0, 0.1) is 0 Å². The van der Waals surface area contributed by atoms with Crippen molar-refractivity contribution in [2.24, 2.45) is 0 Å². The van der Waals surface area contributed by atoms with Gasteiger partial charge in [0.05, 0.1) is 35.4 Å². The topological polar surface area (TPSA) is 44.2 Å². The van der Waals surface area contributed by atoms with Crippen LogP contribution in [0.3, 0.4) is 0 Å². The Labute approximate surface area is 92.2 Å². The molecule has 2 aliphatic rings. The van der Waals surface area contributed by atoms with E-state index >= 15 is 0 Å². The molecule has 2 aromatic rings. The van der Waals surface area contributed by atoms with Crippen molar-refractivity contribution in [3.05, 3.63) is 23.5 Å². The van der Waals surface area contributed by atoms with Crippen molar-refractivity contribution in [3.63, 3.8) is 0 Å². The Balaban J connectivity index is 2.21. The standard InChI is InChI=1S/C12H10N2O2/c1-2-10-12-8(4-6-16-10)14-13-7-3-5-15-9(1)11(7)12/h1-2H,3-6H2. The zero-order valence-electron chi connectivity index (χ0n) is 8.69. The fraction of sp³-hybridized carbons (Fsp3) is 0.333. The van der Waals surface area contributed by atoms with Gasteiger partial charge in [0, 0.05) is 12.8 Å². The molecule has 0 radical (unpaired) electrons. The van der Waals surface area contributed by atoms with Crippen molar-refractivity contribution < 1.29 is 9.47 Å². The molecule has 1 aromatic heterocycles. The second-order valence-corrected chi connectivity index (χ2v) is 4.10. The van der Waals surface area contributed by atoms with Crippen LogP contribution in [0.1, 0.15) is 11.4 Å². The van der Waals surface area contributed by atoms with Gasteiger partial charge in [-0.05, 0) is 12.1 Å². The Morgan fingerprint density at radius 3 is 1.81 bits per heavy atom. The predicted octanol–water partition coefficient (Wildman–Crippen LogP) is 1.50. The van der Waals surface area contributed by atoms with E-state index in [9.17, 15) is 0 Å². The largest absolute Gasteiger partial charge is 0.492 e. The molecule has 2 aliphatic heterocycles. The molecule has 0 bridgehead atoms. The summed E-state index contributed by atoms with van der Waals surface area (Å²) < 4.78 is 11.3. The highest BCUT2D eigenvalue weighted by atomic mass is 16.5. The summed E-state index contributed by atoms with van der Waals surface area (Å²) in [6.07, 6.45) is 1.67. The third-order valence-electron chi connectivity index (χ3n) is 3.19. The summed E-state index contributed by atoms with van der Waals surface area (Å²) in [5.74, 6) is 1.84. The number of aromatic nitrogens is 2. The third kappa shape index (κ3) is 0.939. The van der Waals surface area contributed by atoms with Crippen LogP contribution in [0.4, 0.5) is 0 Å². The third-order valence-corrected chi connectivity index (χ3v) is 3.19. The van der Waals surface area contributed by atoms with Gasteiger partial charge in [0.1, 0.15) is 11.5 Å². The molecule has 0 unspecified atom stereocenters. The first-order valence-electron chi connectivity index (χ1n) is 5.50. The second kappa shape index (κ2) is 2.84. The van der Waals surface area contributed by atoms with E-state index in [4.69, 9.17) is 9.47 Å². The summed E-state index contributed by atoms with van der Waals surface area (Å²) in [5, 5.41) is 10.8. The van der Waals surface area contributed by atoms with Crippen LogP contribution >= 0.6 is 0 Å². The zero-order valence-corrected chi connectivity index (χ0v) is 8.69. The molecule has 0 saturated heterocycles. The minimum atomic E-state index is 0.691. The summed E-state index contributed by atoms with van der Waals surface area (Å²) in [5.41, 5.74) is 2.07. The van der Waals surface area contributed by atoms with E-state index in [-0.39, 0.29) is 0 Å². The smallest absolute Gasteiger partial charge is 0.129 e. The Morgan fingerprint density at radius 1 is 0.812 bits per heavy atom. The Bertz CT molecular complexity index is 496. The van der Waals surface area contributed by atoms with Crippen molar-refractivity contribution in [2.45, 2.75) is 12.8 Å². The number of rotatable bonds is 0. The van der Waals surface area contributed by atoms with Crippen molar-refractivity contribution in [2.75, 3.05) is 13.2 Å². The van der Waals surface area contributed by atoms with E-state index in [1.807, 2.05) is 12.1 Å². The molecule has 16 heavy (non-hydrogen) atoms. The maximum absolute atomic E-state index is 5.65. The highest BCUT2D eigenvalue weighted by Gasteiger charge is 2.23. The van der Waals surface area contributed by atoms with Gasteiger partial charge in [-0.15, -0.1) is 0 Å². The van der Waals surface area contributed by atoms with E-state index < -0.39 is 0 Å². The van der Waals surface area contributed by atoms with E-state index in [0.717, 1.165) is 46.5 Å². The molecule has 0 fully saturated rings. The van der Waals surface area contributed by atoms with Crippen molar-refractivity contribution >= 4 is 10.8 Å². The monoisotopic (exact) mass is 214 g/mol. The molecule has 0 aliphatic carbocycles. The first kappa shape index (κ1) is 8.33. The van der Waals surface area contributed by atoms with Gasteiger partial charge in [-0.25, -0.2) is 0 Å². The fourth-order valence-electron chi connectivity index (χ4n) is 2.46. The van der Waals surface area contributed by atoms with Crippen molar-refractivity contribution in [1.29, 1.82) is 0 Å². The molecule has 0 saturated carbocycles. The number of ether oxygens (including phenoxy) is 2. The van der Waals surface area contributed by atoms with Crippen LogP contribution < -0.4 is 9.47 Å². The minimum absolute atomic E-state index is 0.691. The van der Waals surface area contributed by atoms with Gasteiger partial charge in [0.15, 0.2) is 0 Å². The number of hydrogen-bond acceptors (Lipinski definition) is 4. The van der Waals surface area contributed by atoms with Crippen LogP contribution in [0.5, 0.6) is 11.5 Å². The summed E-state index contributed by atoms with van der Waals surface area (Å²) in [7, 11) is 0.